The van der Waals surface area contributed by atoms with E-state index in [4.69, 9.17) is 16.3 Å². The lowest BCUT2D eigenvalue weighted by Gasteiger charge is -2.08. The molecule has 0 unspecified atom stereocenters. The van der Waals surface area contributed by atoms with Crippen LogP contribution in [-0.4, -0.2) is 7.11 Å². The van der Waals surface area contributed by atoms with Crippen molar-refractivity contribution in [3.8, 4) is 5.75 Å². The number of aryl methyl sites for hydroxylation is 1. The number of methoxy groups -OCH3 is 1. The van der Waals surface area contributed by atoms with Gasteiger partial charge in [0.05, 0.1) is 7.11 Å². The normalized spacial score (nSPS) is 10.1. The van der Waals surface area contributed by atoms with E-state index in [1.54, 1.807) is 7.11 Å². The molecule has 0 aliphatic heterocycles. The summed E-state index contributed by atoms with van der Waals surface area (Å²) in [7, 11) is 1.69. The smallest absolute Gasteiger partial charge is 0.119 e. The molecule has 0 spiro atoms. The van der Waals surface area contributed by atoms with E-state index in [-0.39, 0.29) is 0 Å². The maximum atomic E-state index is 5.82. The van der Waals surface area contributed by atoms with Gasteiger partial charge in [-0.1, -0.05) is 19.4 Å². The van der Waals surface area contributed by atoms with Gasteiger partial charge in [-0.25, -0.2) is 0 Å². The molecule has 0 aliphatic rings. The Balaban J connectivity index is 2.95. The Morgan fingerprint density at radius 3 is 2.62 bits per heavy atom. The highest BCUT2D eigenvalue weighted by Gasteiger charge is 2.02. The number of ether oxygens (including phenoxy) is 1. The van der Waals surface area contributed by atoms with Crippen LogP contribution < -0.4 is 4.74 Å². The fourth-order valence-electron chi connectivity index (χ4n) is 1.36. The summed E-state index contributed by atoms with van der Waals surface area (Å²) in [4.78, 5) is 0. The van der Waals surface area contributed by atoms with Crippen LogP contribution in [0.4, 0.5) is 0 Å². The quantitative estimate of drug-likeness (QED) is 0.674. The second-order valence-electron chi connectivity index (χ2n) is 3.02. The van der Waals surface area contributed by atoms with Crippen LogP contribution in [0.1, 0.15) is 24.5 Å². The first-order valence-electron chi connectivity index (χ1n) is 4.53. The van der Waals surface area contributed by atoms with Gasteiger partial charge in [0.15, 0.2) is 0 Å². The molecular weight excluding hydrogens is 184 g/mol. The van der Waals surface area contributed by atoms with Gasteiger partial charge >= 0.3 is 0 Å². The number of alkyl halides is 1. The first-order chi connectivity index (χ1) is 6.31. The molecular formula is C11H15ClO. The van der Waals surface area contributed by atoms with Crippen molar-refractivity contribution in [2.45, 2.75) is 25.6 Å². The number of hydrogen-bond donors (Lipinski definition) is 0. The lowest BCUT2D eigenvalue weighted by Crippen LogP contribution is -1.93. The fourth-order valence-corrected chi connectivity index (χ4v) is 1.62. The Bertz CT molecular complexity index is 271. The summed E-state index contributed by atoms with van der Waals surface area (Å²) in [5.41, 5.74) is 2.51. The van der Waals surface area contributed by atoms with Crippen molar-refractivity contribution in [1.82, 2.24) is 0 Å². The predicted molar refractivity (Wildman–Crippen MR) is 56.5 cm³/mol. The Labute approximate surface area is 84.7 Å². The summed E-state index contributed by atoms with van der Waals surface area (Å²) >= 11 is 5.82. The average Bonchev–Trinajstić information content (AvgIpc) is 2.18. The van der Waals surface area contributed by atoms with Crippen LogP contribution in [0.5, 0.6) is 5.75 Å². The van der Waals surface area contributed by atoms with Crippen molar-refractivity contribution in [3.63, 3.8) is 0 Å². The maximum absolute atomic E-state index is 5.82. The number of hydrogen-bond acceptors (Lipinski definition) is 1. The van der Waals surface area contributed by atoms with Crippen molar-refractivity contribution in [3.05, 3.63) is 29.3 Å². The Kier molecular flexibility index (Phi) is 4.10. The van der Waals surface area contributed by atoms with E-state index in [0.29, 0.717) is 5.88 Å². The van der Waals surface area contributed by atoms with Gasteiger partial charge in [-0.2, -0.15) is 0 Å². The third-order valence-electron chi connectivity index (χ3n) is 2.08. The van der Waals surface area contributed by atoms with Crippen LogP contribution in [0.25, 0.3) is 0 Å². The largest absolute Gasteiger partial charge is 0.497 e. The van der Waals surface area contributed by atoms with Crippen LogP contribution in [0.15, 0.2) is 18.2 Å². The van der Waals surface area contributed by atoms with Crippen molar-refractivity contribution in [2.75, 3.05) is 7.11 Å². The summed E-state index contributed by atoms with van der Waals surface area (Å²) in [5, 5.41) is 0. The minimum absolute atomic E-state index is 0.583. The van der Waals surface area contributed by atoms with Gasteiger partial charge < -0.3 is 4.74 Å². The van der Waals surface area contributed by atoms with E-state index in [1.165, 1.54) is 11.1 Å². The lowest BCUT2D eigenvalue weighted by atomic mass is 10.0. The lowest BCUT2D eigenvalue weighted by molar-refractivity contribution is 0.414. The van der Waals surface area contributed by atoms with Gasteiger partial charge in [0.25, 0.3) is 0 Å². The van der Waals surface area contributed by atoms with E-state index in [1.807, 2.05) is 12.1 Å². The molecule has 0 atom stereocenters. The molecule has 2 heteroatoms. The molecule has 0 bridgehead atoms. The third-order valence-corrected chi connectivity index (χ3v) is 2.36. The van der Waals surface area contributed by atoms with Crippen LogP contribution in [0.3, 0.4) is 0 Å². The van der Waals surface area contributed by atoms with Crippen molar-refractivity contribution < 1.29 is 4.74 Å². The predicted octanol–water partition coefficient (Wildman–Crippen LogP) is 3.39. The highest BCUT2D eigenvalue weighted by atomic mass is 35.5. The monoisotopic (exact) mass is 198 g/mol. The molecule has 1 aromatic rings. The molecule has 0 fully saturated rings. The molecule has 0 saturated carbocycles. The molecule has 0 radical (unpaired) electrons. The topological polar surface area (TPSA) is 9.23 Å². The molecule has 1 rings (SSSR count). The zero-order chi connectivity index (χ0) is 9.68. The van der Waals surface area contributed by atoms with Crippen LogP contribution in [0, 0.1) is 0 Å². The molecule has 72 valence electrons. The molecule has 13 heavy (non-hydrogen) atoms. The van der Waals surface area contributed by atoms with Gasteiger partial charge in [-0.05, 0) is 29.7 Å². The molecule has 1 nitrogen and oxygen atoms in total. The molecule has 0 aliphatic carbocycles. The molecule has 0 N–H and O–H groups in total. The molecule has 0 heterocycles. The van der Waals surface area contributed by atoms with E-state index in [2.05, 4.69) is 13.0 Å². The molecule has 1 aromatic carbocycles. The third kappa shape index (κ3) is 2.63. The van der Waals surface area contributed by atoms with Crippen LogP contribution >= 0.6 is 11.6 Å². The summed E-state index contributed by atoms with van der Waals surface area (Å²) in [6.45, 7) is 2.16. The molecule has 0 aromatic heterocycles. The summed E-state index contributed by atoms with van der Waals surface area (Å²) < 4.78 is 5.16. The summed E-state index contributed by atoms with van der Waals surface area (Å²) in [6, 6.07) is 6.06. The van der Waals surface area contributed by atoms with E-state index >= 15 is 0 Å². The zero-order valence-electron chi connectivity index (χ0n) is 8.14. The summed E-state index contributed by atoms with van der Waals surface area (Å²) in [6.07, 6.45) is 2.20. The Hall–Kier alpha value is -0.690. The van der Waals surface area contributed by atoms with Crippen molar-refractivity contribution in [2.24, 2.45) is 0 Å². The number of benzene rings is 1. The van der Waals surface area contributed by atoms with Crippen LogP contribution in [0.2, 0.25) is 0 Å². The van der Waals surface area contributed by atoms with E-state index in [0.717, 1.165) is 18.6 Å². The fraction of sp³-hybridized carbons (Fsp3) is 0.455. The number of rotatable bonds is 4. The van der Waals surface area contributed by atoms with Gasteiger partial charge in [0, 0.05) is 5.88 Å². The van der Waals surface area contributed by atoms with Crippen LogP contribution in [-0.2, 0) is 12.3 Å². The Morgan fingerprint density at radius 1 is 1.31 bits per heavy atom. The standard InChI is InChI=1S/C11H15ClO/c1-3-4-9-7-11(13-2)6-5-10(9)8-12/h5-7H,3-4,8H2,1-2H3. The van der Waals surface area contributed by atoms with Gasteiger partial charge in [0.2, 0.25) is 0 Å². The Morgan fingerprint density at radius 2 is 2.08 bits per heavy atom. The molecule has 0 saturated heterocycles. The first kappa shape index (κ1) is 10.4. The minimum atomic E-state index is 0.583. The summed E-state index contributed by atoms with van der Waals surface area (Å²) in [5.74, 6) is 1.50. The van der Waals surface area contributed by atoms with Gasteiger partial charge in [-0.3, -0.25) is 0 Å². The minimum Gasteiger partial charge on any atom is -0.497 e. The van der Waals surface area contributed by atoms with E-state index in [9.17, 15) is 0 Å². The number of halogens is 1. The second-order valence-corrected chi connectivity index (χ2v) is 3.29. The first-order valence-corrected chi connectivity index (χ1v) is 5.07. The highest BCUT2D eigenvalue weighted by molar-refractivity contribution is 6.17. The second kappa shape index (κ2) is 5.13. The van der Waals surface area contributed by atoms with Gasteiger partial charge in [-0.15, -0.1) is 11.6 Å². The molecule has 0 amide bonds. The highest BCUT2D eigenvalue weighted by Crippen LogP contribution is 2.20. The van der Waals surface area contributed by atoms with Crippen molar-refractivity contribution >= 4 is 11.6 Å². The van der Waals surface area contributed by atoms with Gasteiger partial charge in [0.1, 0.15) is 5.75 Å². The van der Waals surface area contributed by atoms with Crippen molar-refractivity contribution in [1.29, 1.82) is 0 Å². The zero-order valence-corrected chi connectivity index (χ0v) is 8.90. The van der Waals surface area contributed by atoms with E-state index < -0.39 is 0 Å². The maximum Gasteiger partial charge on any atom is 0.119 e. The average molecular weight is 199 g/mol. The SMILES string of the molecule is CCCc1cc(OC)ccc1CCl.